The molecule has 0 aromatic carbocycles. The maximum Gasteiger partial charge on any atom is 0.407 e. The number of methoxy groups -OCH3 is 1. The van der Waals surface area contributed by atoms with Crippen LogP contribution in [0.15, 0.2) is 0 Å². The van der Waals surface area contributed by atoms with E-state index in [9.17, 15) is 9.59 Å². The summed E-state index contributed by atoms with van der Waals surface area (Å²) < 4.78 is 9.33. The number of rotatable bonds is 6. The average Bonchev–Trinajstić information content (AvgIpc) is 2.21. The van der Waals surface area contributed by atoms with Gasteiger partial charge in [0.25, 0.3) is 0 Å². The van der Waals surface area contributed by atoms with Gasteiger partial charge < -0.3 is 19.6 Å². The molecule has 0 atom stereocenters. The molecule has 0 radical (unpaired) electrons. The number of alkyl carbamates (subject to hydrolysis) is 1. The van der Waals surface area contributed by atoms with Crippen molar-refractivity contribution in [1.29, 1.82) is 0 Å². The van der Waals surface area contributed by atoms with Gasteiger partial charge in [-0.25, -0.2) is 4.79 Å². The Morgan fingerprint density at radius 1 is 1.05 bits per heavy atom. The molecular weight excluding hydrogens is 246 g/mol. The Kier molecular flexibility index (Phi) is 12.7. The fourth-order valence-electron chi connectivity index (χ4n) is 1.18. The number of Topliss-reactive ketones (excluding diaryl/α,β-unsaturated/α-hetero) is 1. The van der Waals surface area contributed by atoms with E-state index in [1.165, 1.54) is 0 Å². The zero-order chi connectivity index (χ0) is 15.3. The quantitative estimate of drug-likeness (QED) is 0.757. The summed E-state index contributed by atoms with van der Waals surface area (Å²) in [5, 5.41) is 2.68. The second-order valence-corrected chi connectivity index (χ2v) is 5.35. The lowest BCUT2D eigenvalue weighted by molar-refractivity contribution is -0.117. The van der Waals surface area contributed by atoms with E-state index in [-0.39, 0.29) is 11.9 Å². The van der Waals surface area contributed by atoms with Gasteiger partial charge in [0.15, 0.2) is 0 Å². The highest BCUT2D eigenvalue weighted by atomic mass is 16.6. The van der Waals surface area contributed by atoms with Crippen molar-refractivity contribution in [2.24, 2.45) is 0 Å². The third kappa shape index (κ3) is 22.5. The Bertz CT molecular complexity index is 246. The second-order valence-electron chi connectivity index (χ2n) is 5.35. The maximum absolute atomic E-state index is 11.2. The molecule has 0 saturated carbocycles. The molecule has 114 valence electrons. The molecule has 0 aliphatic rings. The molecule has 1 amide bonds. The minimum Gasteiger partial charge on any atom is -0.444 e. The molecule has 0 aromatic rings. The smallest absolute Gasteiger partial charge is 0.407 e. The topological polar surface area (TPSA) is 64.6 Å². The van der Waals surface area contributed by atoms with E-state index in [1.807, 2.05) is 20.8 Å². The Morgan fingerprint density at radius 3 is 2.00 bits per heavy atom. The molecule has 0 aromatic heterocycles. The Balaban J connectivity index is 0. The van der Waals surface area contributed by atoms with Crippen molar-refractivity contribution in [3.63, 3.8) is 0 Å². The highest BCUT2D eigenvalue weighted by Crippen LogP contribution is 2.06. The van der Waals surface area contributed by atoms with Crippen LogP contribution < -0.4 is 5.32 Å². The van der Waals surface area contributed by atoms with Gasteiger partial charge in [0.05, 0.1) is 0 Å². The van der Waals surface area contributed by atoms with Crippen LogP contribution in [0.25, 0.3) is 0 Å². The van der Waals surface area contributed by atoms with Crippen LogP contribution in [-0.4, -0.2) is 38.2 Å². The lowest BCUT2D eigenvalue weighted by Crippen LogP contribution is -2.32. The van der Waals surface area contributed by atoms with Gasteiger partial charge in [0, 0.05) is 27.2 Å². The zero-order valence-corrected chi connectivity index (χ0v) is 13.2. The van der Waals surface area contributed by atoms with Gasteiger partial charge in [-0.3, -0.25) is 0 Å². The highest BCUT2D eigenvalue weighted by molar-refractivity contribution is 5.75. The summed E-state index contributed by atoms with van der Waals surface area (Å²) in [5.74, 6) is 0.222. The third-order valence-corrected chi connectivity index (χ3v) is 1.87. The molecule has 0 aliphatic heterocycles. The number of unbranched alkanes of at least 4 members (excludes halogenated alkanes) is 2. The van der Waals surface area contributed by atoms with E-state index >= 15 is 0 Å². The van der Waals surface area contributed by atoms with Gasteiger partial charge in [-0.2, -0.15) is 0 Å². The van der Waals surface area contributed by atoms with Crippen LogP contribution in [-0.2, 0) is 14.3 Å². The van der Waals surface area contributed by atoms with Crippen LogP contribution in [0.1, 0.15) is 53.4 Å². The summed E-state index contributed by atoms with van der Waals surface area (Å²) >= 11 is 0. The molecule has 1 N–H and O–H groups in total. The molecule has 0 fully saturated rings. The van der Waals surface area contributed by atoms with E-state index < -0.39 is 5.60 Å². The summed E-state index contributed by atoms with van der Waals surface area (Å²) in [6.45, 7) is 7.70. The number of carbonyl (C=O) groups excluding carboxylic acids is 2. The summed E-state index contributed by atoms with van der Waals surface area (Å²) in [6.07, 6.45) is 2.98. The predicted molar refractivity (Wildman–Crippen MR) is 76.3 cm³/mol. The standard InChI is InChI=1S/C12H23NO3.C2H6O/c1-10(14)8-6-5-7-9-13-11(15)16-12(2,3)4;1-3-2/h5-9H2,1-4H3,(H,13,15);1-2H3. The Labute approximate surface area is 117 Å². The normalized spacial score (nSPS) is 10.2. The predicted octanol–water partition coefficient (Wildman–Crippen LogP) is 2.92. The van der Waals surface area contributed by atoms with Crippen molar-refractivity contribution in [2.75, 3.05) is 20.8 Å². The second kappa shape index (κ2) is 12.0. The van der Waals surface area contributed by atoms with Gasteiger partial charge >= 0.3 is 6.09 Å². The third-order valence-electron chi connectivity index (χ3n) is 1.87. The van der Waals surface area contributed by atoms with Crippen LogP contribution in [0, 0.1) is 0 Å². The minimum atomic E-state index is -0.446. The monoisotopic (exact) mass is 275 g/mol. The largest absolute Gasteiger partial charge is 0.444 e. The molecule has 5 heteroatoms. The molecule has 0 aliphatic carbocycles. The lowest BCUT2D eigenvalue weighted by atomic mass is 10.1. The number of ketones is 1. The van der Waals surface area contributed by atoms with Crippen molar-refractivity contribution in [2.45, 2.75) is 59.0 Å². The van der Waals surface area contributed by atoms with E-state index in [2.05, 4.69) is 10.1 Å². The zero-order valence-electron chi connectivity index (χ0n) is 13.2. The van der Waals surface area contributed by atoms with Gasteiger partial charge in [0.1, 0.15) is 11.4 Å². The first-order valence-corrected chi connectivity index (χ1v) is 6.59. The Morgan fingerprint density at radius 2 is 1.58 bits per heavy atom. The number of carbonyl (C=O) groups is 2. The van der Waals surface area contributed by atoms with Crippen LogP contribution in [0.3, 0.4) is 0 Å². The van der Waals surface area contributed by atoms with Gasteiger partial charge in [-0.05, 0) is 40.5 Å². The molecule has 0 unspecified atom stereocenters. The van der Waals surface area contributed by atoms with Crippen LogP contribution in [0.5, 0.6) is 0 Å². The SMILES string of the molecule is CC(=O)CCCCCNC(=O)OC(C)(C)C.COC. The van der Waals surface area contributed by atoms with Crippen LogP contribution >= 0.6 is 0 Å². The summed E-state index contributed by atoms with van der Waals surface area (Å²) in [7, 11) is 3.25. The van der Waals surface area contributed by atoms with Gasteiger partial charge in [0.2, 0.25) is 0 Å². The minimum absolute atomic E-state index is 0.222. The lowest BCUT2D eigenvalue weighted by Gasteiger charge is -2.19. The fraction of sp³-hybridized carbons (Fsp3) is 0.857. The number of amides is 1. The first-order chi connectivity index (χ1) is 8.72. The van der Waals surface area contributed by atoms with Crippen molar-refractivity contribution in [3.8, 4) is 0 Å². The summed E-state index contributed by atoms with van der Waals surface area (Å²) in [6, 6.07) is 0. The summed E-state index contributed by atoms with van der Waals surface area (Å²) in [4.78, 5) is 21.9. The molecule has 0 bridgehead atoms. The van der Waals surface area contributed by atoms with Crippen molar-refractivity contribution >= 4 is 11.9 Å². The van der Waals surface area contributed by atoms with E-state index in [1.54, 1.807) is 21.1 Å². The van der Waals surface area contributed by atoms with Crippen molar-refractivity contribution in [3.05, 3.63) is 0 Å². The maximum atomic E-state index is 11.2. The number of nitrogens with one attached hydrogen (secondary N) is 1. The highest BCUT2D eigenvalue weighted by Gasteiger charge is 2.15. The van der Waals surface area contributed by atoms with E-state index in [4.69, 9.17) is 4.74 Å². The summed E-state index contributed by atoms with van der Waals surface area (Å²) in [5.41, 5.74) is -0.446. The number of ether oxygens (including phenoxy) is 2. The molecule has 19 heavy (non-hydrogen) atoms. The first kappa shape index (κ1) is 20.2. The van der Waals surface area contributed by atoms with Crippen LogP contribution in [0.4, 0.5) is 4.79 Å². The Hall–Kier alpha value is -1.10. The van der Waals surface area contributed by atoms with Gasteiger partial charge in [-0.15, -0.1) is 0 Å². The molecule has 0 heterocycles. The van der Waals surface area contributed by atoms with Crippen molar-refractivity contribution < 1.29 is 19.1 Å². The van der Waals surface area contributed by atoms with Gasteiger partial charge in [-0.1, -0.05) is 6.42 Å². The molecule has 0 saturated heterocycles. The molecular formula is C14H29NO4. The average molecular weight is 275 g/mol. The van der Waals surface area contributed by atoms with E-state index in [0.29, 0.717) is 13.0 Å². The number of hydrogen-bond donors (Lipinski definition) is 1. The molecule has 5 nitrogen and oxygen atoms in total. The molecule has 0 rings (SSSR count). The number of hydrogen-bond acceptors (Lipinski definition) is 4. The molecule has 0 spiro atoms. The van der Waals surface area contributed by atoms with Crippen LogP contribution in [0.2, 0.25) is 0 Å². The first-order valence-electron chi connectivity index (χ1n) is 6.59. The fourth-order valence-corrected chi connectivity index (χ4v) is 1.18. The van der Waals surface area contributed by atoms with E-state index in [0.717, 1.165) is 19.3 Å². The van der Waals surface area contributed by atoms with Crippen molar-refractivity contribution in [1.82, 2.24) is 5.32 Å².